The molecule has 0 aliphatic heterocycles. The minimum Gasteiger partial charge on any atom is -0.493 e. The number of nitrogens with two attached hydrogens (primary N) is 1. The number of carbonyl (C=O) groups is 2. The predicted molar refractivity (Wildman–Crippen MR) is 59.9 cm³/mol. The summed E-state index contributed by atoms with van der Waals surface area (Å²) in [6, 6.07) is 2.51. The molecule has 1 aromatic rings. The molecule has 0 saturated heterocycles. The van der Waals surface area contributed by atoms with Crippen molar-refractivity contribution in [3.8, 4) is 11.5 Å². The number of carbonyl (C=O) groups excluding carboxylic acids is 1. The van der Waals surface area contributed by atoms with Gasteiger partial charge in [0.25, 0.3) is 0 Å². The number of carboxylic acids is 1. The van der Waals surface area contributed by atoms with E-state index in [0.717, 1.165) is 0 Å². The van der Waals surface area contributed by atoms with Crippen LogP contribution in [0, 0.1) is 0 Å². The Hall–Kier alpha value is -2.08. The summed E-state index contributed by atoms with van der Waals surface area (Å²) in [6.45, 7) is -0.234. The first-order chi connectivity index (χ1) is 8.04. The van der Waals surface area contributed by atoms with Crippen molar-refractivity contribution in [2.75, 3.05) is 20.8 Å². The Kier molecular flexibility index (Phi) is 4.06. The first-order valence-corrected chi connectivity index (χ1v) is 4.77. The fraction of sp³-hybridized carbons (Fsp3) is 0.273. The van der Waals surface area contributed by atoms with Gasteiger partial charge in [-0.2, -0.15) is 0 Å². The lowest BCUT2D eigenvalue weighted by Gasteiger charge is -2.12. The molecule has 0 saturated carbocycles. The number of hydrogen-bond acceptors (Lipinski definition) is 5. The number of hydrogen-bond donors (Lipinski definition) is 2. The average Bonchev–Trinajstić information content (AvgIpc) is 2.35. The number of ketones is 1. The Morgan fingerprint density at radius 3 is 2.35 bits per heavy atom. The molecule has 0 aliphatic rings. The zero-order valence-electron chi connectivity index (χ0n) is 9.52. The Morgan fingerprint density at radius 1 is 1.29 bits per heavy atom. The summed E-state index contributed by atoms with van der Waals surface area (Å²) in [5.41, 5.74) is 5.30. The van der Waals surface area contributed by atoms with Crippen LogP contribution in [0.1, 0.15) is 20.7 Å². The van der Waals surface area contributed by atoms with Crippen molar-refractivity contribution >= 4 is 11.8 Å². The third kappa shape index (κ3) is 2.54. The maximum atomic E-state index is 11.6. The minimum atomic E-state index is -1.16. The fourth-order valence-corrected chi connectivity index (χ4v) is 1.40. The highest BCUT2D eigenvalue weighted by atomic mass is 16.5. The smallest absolute Gasteiger partial charge is 0.335 e. The van der Waals surface area contributed by atoms with Crippen molar-refractivity contribution in [1.29, 1.82) is 0 Å². The third-order valence-electron chi connectivity index (χ3n) is 2.21. The molecule has 1 rings (SSSR count). The minimum absolute atomic E-state index is 0.0561. The van der Waals surface area contributed by atoms with E-state index in [1.807, 2.05) is 0 Å². The number of benzene rings is 1. The van der Waals surface area contributed by atoms with E-state index < -0.39 is 11.8 Å². The normalized spacial score (nSPS) is 9.82. The zero-order valence-corrected chi connectivity index (χ0v) is 9.52. The van der Waals surface area contributed by atoms with E-state index in [2.05, 4.69) is 0 Å². The van der Waals surface area contributed by atoms with Crippen LogP contribution >= 0.6 is 0 Å². The van der Waals surface area contributed by atoms with Gasteiger partial charge in [-0.25, -0.2) is 4.79 Å². The van der Waals surface area contributed by atoms with Crippen molar-refractivity contribution in [3.63, 3.8) is 0 Å². The molecule has 0 aromatic heterocycles. The highest BCUT2D eigenvalue weighted by molar-refractivity contribution is 6.03. The zero-order chi connectivity index (χ0) is 13.0. The van der Waals surface area contributed by atoms with Gasteiger partial charge in [0.15, 0.2) is 17.3 Å². The number of methoxy groups -OCH3 is 2. The Morgan fingerprint density at radius 2 is 1.94 bits per heavy atom. The molecule has 6 heteroatoms. The molecular formula is C11H13NO5. The summed E-state index contributed by atoms with van der Waals surface area (Å²) in [7, 11) is 2.73. The number of rotatable bonds is 5. The molecule has 1 aromatic carbocycles. The maximum absolute atomic E-state index is 11.6. The molecule has 0 atom stereocenters. The van der Waals surface area contributed by atoms with Crippen LogP contribution in [0.15, 0.2) is 12.1 Å². The van der Waals surface area contributed by atoms with Gasteiger partial charge in [0, 0.05) is 0 Å². The van der Waals surface area contributed by atoms with E-state index in [4.69, 9.17) is 20.3 Å². The van der Waals surface area contributed by atoms with Gasteiger partial charge in [0.2, 0.25) is 0 Å². The standard InChI is InChI=1S/C11H13NO5/c1-16-9-4-6(11(14)15)3-7(8(13)5-12)10(9)17-2/h3-4H,5,12H2,1-2H3,(H,14,15). The third-order valence-corrected chi connectivity index (χ3v) is 2.21. The lowest BCUT2D eigenvalue weighted by atomic mass is 10.0. The van der Waals surface area contributed by atoms with Crippen LogP contribution in [0.2, 0.25) is 0 Å². The van der Waals surface area contributed by atoms with Gasteiger partial charge >= 0.3 is 5.97 Å². The molecule has 17 heavy (non-hydrogen) atoms. The summed E-state index contributed by atoms with van der Waals surface area (Å²) in [5, 5.41) is 8.91. The number of ether oxygens (including phenoxy) is 2. The SMILES string of the molecule is COc1cc(C(=O)O)cc(C(=O)CN)c1OC. The van der Waals surface area contributed by atoms with E-state index in [0.29, 0.717) is 0 Å². The van der Waals surface area contributed by atoms with E-state index >= 15 is 0 Å². The van der Waals surface area contributed by atoms with Gasteiger partial charge < -0.3 is 20.3 Å². The number of carboxylic acid groups (broad SMARTS) is 1. The van der Waals surface area contributed by atoms with E-state index in [1.54, 1.807) is 0 Å². The lowest BCUT2D eigenvalue weighted by molar-refractivity contribution is 0.0696. The van der Waals surface area contributed by atoms with Crippen molar-refractivity contribution in [3.05, 3.63) is 23.3 Å². The van der Waals surface area contributed by atoms with Crippen LogP contribution in [-0.2, 0) is 0 Å². The second-order valence-corrected chi connectivity index (χ2v) is 3.19. The largest absolute Gasteiger partial charge is 0.493 e. The molecule has 0 amide bonds. The molecule has 0 radical (unpaired) electrons. The summed E-state index contributed by atoms with van der Waals surface area (Å²) in [5.74, 6) is -1.20. The van der Waals surface area contributed by atoms with Gasteiger partial charge in [-0.3, -0.25) is 4.79 Å². The van der Waals surface area contributed by atoms with E-state index in [1.165, 1.54) is 26.4 Å². The van der Waals surface area contributed by atoms with Crippen molar-refractivity contribution in [2.24, 2.45) is 5.73 Å². The molecule has 0 heterocycles. The molecule has 6 nitrogen and oxygen atoms in total. The monoisotopic (exact) mass is 239 g/mol. The predicted octanol–water partition coefficient (Wildman–Crippen LogP) is 0.543. The molecule has 0 aliphatic carbocycles. The first kappa shape index (κ1) is 13.0. The number of aromatic carboxylic acids is 1. The van der Waals surface area contributed by atoms with Crippen LogP contribution in [0.4, 0.5) is 0 Å². The van der Waals surface area contributed by atoms with E-state index in [-0.39, 0.29) is 29.2 Å². The molecule has 0 spiro atoms. The average molecular weight is 239 g/mol. The molecule has 92 valence electrons. The topological polar surface area (TPSA) is 98.9 Å². The van der Waals surface area contributed by atoms with Crippen LogP contribution in [0.25, 0.3) is 0 Å². The molecule has 0 fully saturated rings. The Balaban J connectivity index is 3.47. The maximum Gasteiger partial charge on any atom is 0.335 e. The van der Waals surface area contributed by atoms with Crippen LogP contribution in [0.5, 0.6) is 11.5 Å². The van der Waals surface area contributed by atoms with Crippen LogP contribution < -0.4 is 15.2 Å². The molecule has 0 unspecified atom stereocenters. The van der Waals surface area contributed by atoms with Crippen molar-refractivity contribution in [2.45, 2.75) is 0 Å². The van der Waals surface area contributed by atoms with Gasteiger partial charge in [-0.15, -0.1) is 0 Å². The summed E-state index contributed by atoms with van der Waals surface area (Å²) < 4.78 is 10.0. The molecule has 3 N–H and O–H groups in total. The fourth-order valence-electron chi connectivity index (χ4n) is 1.40. The first-order valence-electron chi connectivity index (χ1n) is 4.77. The van der Waals surface area contributed by atoms with Crippen LogP contribution in [0.3, 0.4) is 0 Å². The van der Waals surface area contributed by atoms with Gasteiger partial charge in [-0.05, 0) is 12.1 Å². The number of Topliss-reactive ketones (excluding diaryl/α,β-unsaturated/α-hetero) is 1. The molecular weight excluding hydrogens is 226 g/mol. The van der Waals surface area contributed by atoms with Gasteiger partial charge in [0.05, 0.1) is 31.9 Å². The highest BCUT2D eigenvalue weighted by Crippen LogP contribution is 2.32. The van der Waals surface area contributed by atoms with Crippen LogP contribution in [-0.4, -0.2) is 37.6 Å². The van der Waals surface area contributed by atoms with Gasteiger partial charge in [0.1, 0.15) is 0 Å². The summed E-state index contributed by atoms with van der Waals surface area (Å²) >= 11 is 0. The Bertz CT molecular complexity index is 455. The summed E-state index contributed by atoms with van der Waals surface area (Å²) in [4.78, 5) is 22.5. The Labute approximate surface area is 97.9 Å². The van der Waals surface area contributed by atoms with Gasteiger partial charge in [-0.1, -0.05) is 0 Å². The second-order valence-electron chi connectivity index (χ2n) is 3.19. The van der Waals surface area contributed by atoms with Crippen molar-refractivity contribution < 1.29 is 24.2 Å². The lowest BCUT2D eigenvalue weighted by Crippen LogP contribution is -2.16. The summed E-state index contributed by atoms with van der Waals surface area (Å²) in [6.07, 6.45) is 0. The van der Waals surface area contributed by atoms with E-state index in [9.17, 15) is 9.59 Å². The molecule has 0 bridgehead atoms. The second kappa shape index (κ2) is 5.31. The quantitative estimate of drug-likeness (QED) is 0.728. The highest BCUT2D eigenvalue weighted by Gasteiger charge is 2.19. The van der Waals surface area contributed by atoms with Crippen molar-refractivity contribution in [1.82, 2.24) is 0 Å².